The molecule has 0 fully saturated rings. The van der Waals surface area contributed by atoms with E-state index >= 15 is 0 Å². The molecule has 0 bridgehead atoms. The molecule has 0 aromatic heterocycles. The summed E-state index contributed by atoms with van der Waals surface area (Å²) >= 11 is 0. The number of nitrogen functional groups attached to an aromatic ring is 2. The Morgan fingerprint density at radius 1 is 0.400 bits per heavy atom. The Labute approximate surface area is 239 Å². The first-order chi connectivity index (χ1) is 19.5. The van der Waals surface area contributed by atoms with Crippen LogP contribution in [0.25, 0.3) is 0 Å². The molecule has 0 aliphatic carbocycles. The quantitative estimate of drug-likeness (QED) is 0.170. The minimum atomic E-state index is 0.811. The first kappa shape index (κ1) is 27.3. The Bertz CT molecular complexity index is 1500. The Morgan fingerprint density at radius 3 is 1.18 bits per heavy atom. The van der Waals surface area contributed by atoms with Crippen LogP contribution < -0.4 is 11.5 Å². The van der Waals surface area contributed by atoms with Gasteiger partial charge >= 0.3 is 0 Å². The highest BCUT2D eigenvalue weighted by Gasteiger charge is 2.08. The van der Waals surface area contributed by atoms with Crippen molar-refractivity contribution in [1.29, 1.82) is 0 Å². The van der Waals surface area contributed by atoms with E-state index in [9.17, 15) is 0 Å². The molecule has 4 N–H and O–H groups in total. The molecule has 0 amide bonds. The number of benzene rings is 5. The van der Waals surface area contributed by atoms with Crippen molar-refractivity contribution in [3.63, 3.8) is 0 Å². The fourth-order valence-electron chi connectivity index (χ4n) is 5.31. The molecule has 0 unspecified atom stereocenters. The second kappa shape index (κ2) is 13.2. The zero-order valence-electron chi connectivity index (χ0n) is 23.6. The summed E-state index contributed by atoms with van der Waals surface area (Å²) in [4.78, 5) is 0. The van der Waals surface area contributed by atoms with E-state index in [1.165, 1.54) is 62.9 Å². The van der Waals surface area contributed by atoms with Crippen LogP contribution in [0.3, 0.4) is 0 Å². The number of hydrogen-bond acceptors (Lipinski definition) is 2. The van der Waals surface area contributed by atoms with Crippen LogP contribution >= 0.6 is 0 Å². The maximum Gasteiger partial charge on any atom is 0.0314 e. The van der Waals surface area contributed by atoms with Gasteiger partial charge in [-0.3, -0.25) is 0 Å². The fraction of sp³-hybridized carbons (Fsp3) is 0.211. The van der Waals surface area contributed by atoms with Gasteiger partial charge in [0.15, 0.2) is 0 Å². The molecule has 0 spiro atoms. The average molecular weight is 525 g/mol. The predicted octanol–water partition coefficient (Wildman–Crippen LogP) is 8.56. The normalized spacial score (nSPS) is 11.0. The molecule has 2 nitrogen and oxygen atoms in total. The maximum atomic E-state index is 5.87. The van der Waals surface area contributed by atoms with Gasteiger partial charge < -0.3 is 11.5 Å². The minimum absolute atomic E-state index is 0.811. The Kier molecular flexibility index (Phi) is 8.98. The molecule has 2 heteroatoms. The number of hydrogen-bond donors (Lipinski definition) is 2. The summed E-state index contributed by atoms with van der Waals surface area (Å²) in [6.45, 7) is 2.27. The van der Waals surface area contributed by atoms with Gasteiger partial charge in [0.2, 0.25) is 0 Å². The van der Waals surface area contributed by atoms with Gasteiger partial charge in [0.05, 0.1) is 0 Å². The van der Waals surface area contributed by atoms with Crippen LogP contribution in [0.2, 0.25) is 0 Å². The molecular weight excluding hydrogens is 484 g/mol. The summed E-state index contributed by atoms with van der Waals surface area (Å²) in [5, 5.41) is 0. The van der Waals surface area contributed by atoms with Crippen molar-refractivity contribution >= 4 is 11.4 Å². The van der Waals surface area contributed by atoms with Crippen molar-refractivity contribution in [2.24, 2.45) is 0 Å². The summed E-state index contributed by atoms with van der Waals surface area (Å²) in [5.74, 6) is 0. The lowest BCUT2D eigenvalue weighted by molar-refractivity contribution is 0.787. The van der Waals surface area contributed by atoms with E-state index in [4.69, 9.17) is 11.5 Å². The molecule has 5 aromatic carbocycles. The van der Waals surface area contributed by atoms with Gasteiger partial charge in [-0.1, -0.05) is 104 Å². The zero-order valence-corrected chi connectivity index (χ0v) is 23.6. The third-order valence-corrected chi connectivity index (χ3v) is 7.70. The second-order valence-electron chi connectivity index (χ2n) is 11.0. The van der Waals surface area contributed by atoms with Crippen molar-refractivity contribution in [1.82, 2.24) is 0 Å². The molecule has 40 heavy (non-hydrogen) atoms. The van der Waals surface area contributed by atoms with Crippen LogP contribution in [-0.4, -0.2) is 0 Å². The lowest BCUT2D eigenvalue weighted by Gasteiger charge is -2.13. The summed E-state index contributed by atoms with van der Waals surface area (Å²) in [5.41, 5.74) is 25.6. The van der Waals surface area contributed by atoms with Gasteiger partial charge in [-0.25, -0.2) is 0 Å². The van der Waals surface area contributed by atoms with E-state index in [-0.39, 0.29) is 0 Å². The zero-order chi connectivity index (χ0) is 27.7. The van der Waals surface area contributed by atoms with E-state index in [0.717, 1.165) is 43.5 Å². The van der Waals surface area contributed by atoms with E-state index in [1.807, 2.05) is 24.3 Å². The first-order valence-corrected chi connectivity index (χ1v) is 14.5. The van der Waals surface area contributed by atoms with Gasteiger partial charge in [0, 0.05) is 11.4 Å². The molecule has 0 saturated heterocycles. The Hall–Kier alpha value is -4.30. The van der Waals surface area contributed by atoms with Crippen molar-refractivity contribution in [3.8, 4) is 0 Å². The van der Waals surface area contributed by atoms with Gasteiger partial charge in [-0.15, -0.1) is 0 Å². The smallest absolute Gasteiger partial charge is 0.0314 e. The number of unbranched alkanes of at least 4 members (excludes halogenated alkanes) is 1. The summed E-state index contributed by atoms with van der Waals surface area (Å²) in [7, 11) is 0. The van der Waals surface area contributed by atoms with Gasteiger partial charge in [-0.05, 0) is 113 Å². The topological polar surface area (TPSA) is 52.0 Å². The second-order valence-corrected chi connectivity index (χ2v) is 11.0. The van der Waals surface area contributed by atoms with E-state index in [0.29, 0.717) is 0 Å². The highest BCUT2D eigenvalue weighted by atomic mass is 14.5. The molecule has 0 aliphatic heterocycles. The lowest BCUT2D eigenvalue weighted by Crippen LogP contribution is -1.99. The summed E-state index contributed by atoms with van der Waals surface area (Å²) < 4.78 is 0. The van der Waals surface area contributed by atoms with Gasteiger partial charge in [0.25, 0.3) is 0 Å². The van der Waals surface area contributed by atoms with E-state index in [1.54, 1.807) is 0 Å². The summed E-state index contributed by atoms with van der Waals surface area (Å²) in [6.07, 6.45) is 7.35. The van der Waals surface area contributed by atoms with Gasteiger partial charge in [0.1, 0.15) is 0 Å². The molecule has 0 saturated carbocycles. The largest absolute Gasteiger partial charge is 0.399 e. The number of anilines is 2. The van der Waals surface area contributed by atoms with Crippen molar-refractivity contribution in [2.75, 3.05) is 11.5 Å². The molecule has 0 radical (unpaired) electrons. The maximum absolute atomic E-state index is 5.87. The molecule has 0 heterocycles. The minimum Gasteiger partial charge on any atom is -0.399 e. The van der Waals surface area contributed by atoms with Gasteiger partial charge in [-0.2, -0.15) is 0 Å². The van der Waals surface area contributed by atoms with Crippen LogP contribution in [0.15, 0.2) is 115 Å². The average Bonchev–Trinajstić information content (AvgIpc) is 2.97. The fourth-order valence-corrected chi connectivity index (χ4v) is 5.31. The standard InChI is InChI=1S/C38H40N2/c1-2-3-4-35-27-34(25-32-16-21-38(40)22-17-32)13-18-36(35)26-33-11-9-30(10-12-33)23-28-5-7-29(8-6-28)24-31-14-19-37(39)20-15-31/h5-22,27H,2-4,23-26,39-40H2,1H3. The van der Waals surface area contributed by atoms with Crippen LogP contribution in [0.4, 0.5) is 11.4 Å². The van der Waals surface area contributed by atoms with Crippen LogP contribution in [-0.2, 0) is 32.1 Å². The van der Waals surface area contributed by atoms with Crippen LogP contribution in [0.5, 0.6) is 0 Å². The van der Waals surface area contributed by atoms with Crippen LogP contribution in [0, 0.1) is 0 Å². The van der Waals surface area contributed by atoms with Crippen molar-refractivity contribution < 1.29 is 0 Å². The monoisotopic (exact) mass is 524 g/mol. The molecular formula is C38H40N2. The molecule has 5 aromatic rings. The van der Waals surface area contributed by atoms with E-state index < -0.39 is 0 Å². The molecule has 0 aliphatic rings. The van der Waals surface area contributed by atoms with Crippen molar-refractivity contribution in [2.45, 2.75) is 51.9 Å². The molecule has 5 rings (SSSR count). The number of nitrogens with two attached hydrogens (primary N) is 2. The highest BCUT2D eigenvalue weighted by molar-refractivity contribution is 5.43. The van der Waals surface area contributed by atoms with Crippen LogP contribution in [0.1, 0.15) is 69.8 Å². The third-order valence-electron chi connectivity index (χ3n) is 7.70. The number of aryl methyl sites for hydroxylation is 1. The third kappa shape index (κ3) is 7.64. The predicted molar refractivity (Wildman–Crippen MR) is 171 cm³/mol. The highest BCUT2D eigenvalue weighted by Crippen LogP contribution is 2.22. The first-order valence-electron chi connectivity index (χ1n) is 14.5. The number of rotatable bonds is 11. The molecule has 202 valence electrons. The Morgan fingerprint density at radius 2 is 0.750 bits per heavy atom. The van der Waals surface area contributed by atoms with Crippen molar-refractivity contribution in [3.05, 3.63) is 165 Å². The Balaban J connectivity index is 1.22. The molecule has 0 atom stereocenters. The van der Waals surface area contributed by atoms with E-state index in [2.05, 4.69) is 97.9 Å². The lowest BCUT2D eigenvalue weighted by atomic mass is 9.92. The SMILES string of the molecule is CCCCc1cc(Cc2ccc(N)cc2)ccc1Cc1ccc(Cc2ccc(Cc3ccc(N)cc3)cc2)cc1. The summed E-state index contributed by atoms with van der Waals surface area (Å²) in [6, 6.07) is 41.6.